The van der Waals surface area contributed by atoms with Crippen LogP contribution in [0.25, 0.3) is 0 Å². The topological polar surface area (TPSA) is 57.9 Å². The number of hydrogen-bond donors (Lipinski definition) is 0. The average molecular weight is 280 g/mol. The quantitative estimate of drug-likeness (QED) is 0.852. The first kappa shape index (κ1) is 10.7. The van der Waals surface area contributed by atoms with Crippen molar-refractivity contribution < 1.29 is 8.42 Å². The molecule has 0 N–H and O–H groups in total. The summed E-state index contributed by atoms with van der Waals surface area (Å²) in [4.78, 5) is 0. The lowest BCUT2D eigenvalue weighted by molar-refractivity contribution is 0.598. The minimum absolute atomic E-state index is 0.0395. The van der Waals surface area contributed by atoms with E-state index in [0.717, 1.165) is 15.8 Å². The van der Waals surface area contributed by atoms with Gasteiger partial charge >= 0.3 is 0 Å². The van der Waals surface area contributed by atoms with Gasteiger partial charge in [0.05, 0.1) is 11.8 Å². The van der Waals surface area contributed by atoms with E-state index in [1.54, 1.807) is 11.4 Å². The fourth-order valence-corrected chi connectivity index (χ4v) is 3.89. The lowest BCUT2D eigenvalue weighted by Crippen LogP contribution is -2.03. The van der Waals surface area contributed by atoms with Crippen LogP contribution >= 0.6 is 27.3 Å². The molecule has 0 spiro atoms. The van der Waals surface area contributed by atoms with Crippen molar-refractivity contribution in [2.45, 2.75) is 10.6 Å². The van der Waals surface area contributed by atoms with Gasteiger partial charge in [-0.3, -0.25) is 0 Å². The maximum absolute atomic E-state index is 11.4. The normalized spacial score (nSPS) is 11.1. The number of hydrogen-bond acceptors (Lipinski definition) is 4. The second kappa shape index (κ2) is 4.22. The highest BCUT2D eigenvalue weighted by atomic mass is 79.9. The lowest BCUT2D eigenvalue weighted by atomic mass is 10.6. The third kappa shape index (κ3) is 2.79. The third-order valence-corrected chi connectivity index (χ3v) is 5.34. The van der Waals surface area contributed by atoms with Crippen LogP contribution in [0.4, 0.5) is 0 Å². The summed E-state index contributed by atoms with van der Waals surface area (Å²) >= 11 is 4.34. The molecule has 0 aliphatic rings. The van der Waals surface area contributed by atoms with Crippen molar-refractivity contribution in [3.05, 3.63) is 15.9 Å². The summed E-state index contributed by atoms with van der Waals surface area (Å²) in [6.07, 6.45) is 0.0395. The predicted octanol–water partition coefficient (Wildman–Crippen LogP) is 2.20. The Bertz CT molecular complexity index is 430. The van der Waals surface area contributed by atoms with Crippen LogP contribution in [0.15, 0.2) is 20.1 Å². The van der Waals surface area contributed by atoms with Gasteiger partial charge in [-0.1, -0.05) is 0 Å². The number of sulfone groups is 1. The van der Waals surface area contributed by atoms with Crippen LogP contribution < -0.4 is 0 Å². The van der Waals surface area contributed by atoms with Gasteiger partial charge in [0, 0.05) is 16.3 Å². The van der Waals surface area contributed by atoms with E-state index in [-0.39, 0.29) is 12.2 Å². The Morgan fingerprint density at radius 2 is 2.31 bits per heavy atom. The average Bonchev–Trinajstić information content (AvgIpc) is 2.49. The Balaban J connectivity index is 2.89. The molecule has 1 aromatic heterocycles. The minimum atomic E-state index is -3.24. The molecule has 13 heavy (non-hydrogen) atoms. The highest BCUT2D eigenvalue weighted by molar-refractivity contribution is 9.10. The summed E-state index contributed by atoms with van der Waals surface area (Å²) in [5.74, 6) is -0.101. The SMILES string of the molecule is N#CCCS(=O)(=O)c1cc(Br)cs1. The molecule has 0 saturated carbocycles. The molecule has 0 unspecified atom stereocenters. The van der Waals surface area contributed by atoms with E-state index < -0.39 is 9.84 Å². The summed E-state index contributed by atoms with van der Waals surface area (Å²) in [5.41, 5.74) is 0. The number of nitriles is 1. The van der Waals surface area contributed by atoms with Gasteiger partial charge in [-0.2, -0.15) is 5.26 Å². The molecule has 6 heteroatoms. The van der Waals surface area contributed by atoms with Crippen molar-refractivity contribution in [3.8, 4) is 6.07 Å². The molecule has 0 amide bonds. The first-order chi connectivity index (χ1) is 6.06. The van der Waals surface area contributed by atoms with E-state index in [1.165, 1.54) is 0 Å². The Morgan fingerprint density at radius 3 is 2.77 bits per heavy atom. The van der Waals surface area contributed by atoms with Crippen molar-refractivity contribution in [3.63, 3.8) is 0 Å². The molecule has 0 aromatic carbocycles. The molecular weight excluding hydrogens is 274 g/mol. The van der Waals surface area contributed by atoms with Crippen LogP contribution in [-0.4, -0.2) is 14.2 Å². The van der Waals surface area contributed by atoms with Crippen molar-refractivity contribution in [2.75, 3.05) is 5.75 Å². The van der Waals surface area contributed by atoms with Crippen LogP contribution in [-0.2, 0) is 9.84 Å². The highest BCUT2D eigenvalue weighted by Crippen LogP contribution is 2.25. The monoisotopic (exact) mass is 279 g/mol. The summed E-state index contributed by atoms with van der Waals surface area (Å²) in [6.45, 7) is 0. The number of halogens is 1. The van der Waals surface area contributed by atoms with Crippen LogP contribution in [0.3, 0.4) is 0 Å². The third-order valence-electron chi connectivity index (χ3n) is 1.33. The Morgan fingerprint density at radius 1 is 1.62 bits per heavy atom. The minimum Gasteiger partial charge on any atom is -0.223 e. The molecular formula is C7H6BrNO2S2. The van der Waals surface area contributed by atoms with Gasteiger partial charge in [0.1, 0.15) is 4.21 Å². The number of nitrogens with zero attached hydrogens (tertiary/aromatic N) is 1. The molecule has 0 atom stereocenters. The van der Waals surface area contributed by atoms with Crippen molar-refractivity contribution in [2.24, 2.45) is 0 Å². The zero-order valence-electron chi connectivity index (χ0n) is 6.53. The fourth-order valence-electron chi connectivity index (χ4n) is 0.739. The van der Waals surface area contributed by atoms with Crippen molar-refractivity contribution in [1.29, 1.82) is 5.26 Å². The molecule has 0 fully saturated rings. The Kier molecular flexibility index (Phi) is 3.47. The molecule has 70 valence electrons. The molecule has 0 saturated heterocycles. The summed E-state index contributed by atoms with van der Waals surface area (Å²) in [5, 5.41) is 9.97. The van der Waals surface area contributed by atoms with Crippen LogP contribution in [0.5, 0.6) is 0 Å². The molecule has 1 rings (SSSR count). The molecule has 0 radical (unpaired) electrons. The molecule has 0 aliphatic carbocycles. The first-order valence-corrected chi connectivity index (χ1v) is 6.72. The van der Waals surface area contributed by atoms with E-state index in [4.69, 9.17) is 5.26 Å². The van der Waals surface area contributed by atoms with Gasteiger partial charge < -0.3 is 0 Å². The van der Waals surface area contributed by atoms with Crippen molar-refractivity contribution >= 4 is 37.1 Å². The number of thiophene rings is 1. The molecule has 3 nitrogen and oxygen atoms in total. The zero-order valence-corrected chi connectivity index (χ0v) is 9.75. The summed E-state index contributed by atoms with van der Waals surface area (Å²) in [6, 6.07) is 3.37. The van der Waals surface area contributed by atoms with Gasteiger partial charge in [0.2, 0.25) is 0 Å². The van der Waals surface area contributed by atoms with Crippen molar-refractivity contribution in [1.82, 2.24) is 0 Å². The van der Waals surface area contributed by atoms with E-state index in [2.05, 4.69) is 15.9 Å². The van der Waals surface area contributed by atoms with E-state index in [1.807, 2.05) is 6.07 Å². The van der Waals surface area contributed by atoms with Crippen LogP contribution in [0, 0.1) is 11.3 Å². The maximum atomic E-state index is 11.4. The first-order valence-electron chi connectivity index (χ1n) is 3.40. The van der Waals surface area contributed by atoms with Gasteiger partial charge in [0.25, 0.3) is 0 Å². The molecule has 1 heterocycles. The van der Waals surface area contributed by atoms with Gasteiger partial charge in [0.15, 0.2) is 9.84 Å². The van der Waals surface area contributed by atoms with Gasteiger partial charge in [-0.05, 0) is 22.0 Å². The smallest absolute Gasteiger partial charge is 0.188 e. The van der Waals surface area contributed by atoms with E-state index >= 15 is 0 Å². The summed E-state index contributed by atoms with van der Waals surface area (Å²) < 4.78 is 24.0. The molecule has 0 aliphatic heterocycles. The van der Waals surface area contributed by atoms with Gasteiger partial charge in [-0.25, -0.2) is 8.42 Å². The second-order valence-electron chi connectivity index (χ2n) is 2.31. The predicted molar refractivity (Wildman–Crippen MR) is 54.3 cm³/mol. The molecule has 1 aromatic rings. The summed E-state index contributed by atoms with van der Waals surface area (Å²) in [7, 11) is -3.24. The van der Waals surface area contributed by atoms with E-state index in [9.17, 15) is 8.42 Å². The lowest BCUT2D eigenvalue weighted by Gasteiger charge is -1.95. The van der Waals surface area contributed by atoms with Crippen LogP contribution in [0.1, 0.15) is 6.42 Å². The van der Waals surface area contributed by atoms with Crippen LogP contribution in [0.2, 0.25) is 0 Å². The Labute approximate surface area is 89.1 Å². The largest absolute Gasteiger partial charge is 0.223 e. The Hall–Kier alpha value is -0.380. The number of rotatable bonds is 3. The highest BCUT2D eigenvalue weighted by Gasteiger charge is 2.15. The second-order valence-corrected chi connectivity index (χ2v) is 6.47. The zero-order chi connectivity index (χ0) is 9.90. The van der Waals surface area contributed by atoms with Gasteiger partial charge in [-0.15, -0.1) is 11.3 Å². The fraction of sp³-hybridized carbons (Fsp3) is 0.286. The molecule has 0 bridgehead atoms. The maximum Gasteiger partial charge on any atom is 0.188 e. The van der Waals surface area contributed by atoms with E-state index in [0.29, 0.717) is 4.21 Å². The standard InChI is InChI=1S/C7H6BrNO2S2/c8-6-4-7(12-5-6)13(10,11)3-1-2-9/h4-5H,1,3H2.